The molecule has 0 heteroatoms. The molecule has 0 saturated heterocycles. The second-order valence-corrected chi connectivity index (χ2v) is 8.07. The molecule has 0 nitrogen and oxygen atoms in total. The molecule has 1 aliphatic rings. The van der Waals surface area contributed by atoms with Crippen molar-refractivity contribution in [3.8, 4) is 0 Å². The highest BCUT2D eigenvalue weighted by atomic mass is 14.7. The molecule has 1 fully saturated rings. The molecule has 0 amide bonds. The Balaban J connectivity index is 0.00000256. The lowest BCUT2D eigenvalue weighted by Crippen LogP contribution is -2.61. The van der Waals surface area contributed by atoms with Gasteiger partial charge in [0.05, 0.1) is 0 Å². The molecule has 0 bridgehead atoms. The molecule has 0 N–H and O–H groups in total. The molecule has 0 heterocycles. The smallest absolute Gasteiger partial charge is 0.0192 e. The second kappa shape index (κ2) is 4.59. The van der Waals surface area contributed by atoms with E-state index >= 15 is 0 Å². The van der Waals surface area contributed by atoms with E-state index in [-0.39, 0.29) is 7.43 Å². The highest BCUT2D eigenvalue weighted by molar-refractivity contribution is 5.13. The Kier molecular flexibility index (Phi) is 4.59. The van der Waals surface area contributed by atoms with Gasteiger partial charge in [0.15, 0.2) is 0 Å². The van der Waals surface area contributed by atoms with Crippen molar-refractivity contribution in [2.75, 3.05) is 0 Å². The van der Waals surface area contributed by atoms with Crippen LogP contribution in [0.5, 0.6) is 0 Å². The molecule has 0 atom stereocenters. The normalized spacial score (nSPS) is 24.7. The van der Waals surface area contributed by atoms with Crippen molar-refractivity contribution in [3.63, 3.8) is 0 Å². The van der Waals surface area contributed by atoms with Gasteiger partial charge >= 0.3 is 0 Å². The highest BCUT2D eigenvalue weighted by Crippen LogP contribution is 2.72. The van der Waals surface area contributed by atoms with E-state index in [9.17, 15) is 0 Å². The van der Waals surface area contributed by atoms with Crippen LogP contribution in [0.1, 0.15) is 88.5 Å². The second-order valence-electron chi connectivity index (χ2n) is 8.07. The van der Waals surface area contributed by atoms with Crippen molar-refractivity contribution >= 4 is 0 Å². The van der Waals surface area contributed by atoms with E-state index < -0.39 is 0 Å². The number of hydrogen-bond acceptors (Lipinski definition) is 0. The lowest BCUT2D eigenvalue weighted by Gasteiger charge is -2.70. The average molecular weight is 240 g/mol. The molecule has 1 saturated carbocycles. The Labute approximate surface area is 111 Å². The Morgan fingerprint density at radius 2 is 1.35 bits per heavy atom. The Morgan fingerprint density at radius 1 is 0.941 bits per heavy atom. The van der Waals surface area contributed by atoms with E-state index in [2.05, 4.69) is 55.4 Å². The van der Waals surface area contributed by atoms with Crippen molar-refractivity contribution in [1.29, 1.82) is 0 Å². The van der Waals surface area contributed by atoms with Gasteiger partial charge in [-0.2, -0.15) is 0 Å². The first-order valence-electron chi connectivity index (χ1n) is 7.04. The lowest BCUT2D eigenvalue weighted by molar-refractivity contribution is -0.205. The minimum atomic E-state index is 0. The van der Waals surface area contributed by atoms with Gasteiger partial charge in [-0.15, -0.1) is 0 Å². The summed E-state index contributed by atoms with van der Waals surface area (Å²) in [6, 6.07) is 0. The van der Waals surface area contributed by atoms with Gasteiger partial charge in [-0.25, -0.2) is 0 Å². The zero-order valence-electron chi connectivity index (χ0n) is 12.8. The third-order valence-electron chi connectivity index (χ3n) is 5.82. The first-order valence-corrected chi connectivity index (χ1v) is 7.04. The Bertz CT molecular complexity index is 241. The summed E-state index contributed by atoms with van der Waals surface area (Å²) < 4.78 is 0. The summed E-state index contributed by atoms with van der Waals surface area (Å²) in [5.41, 5.74) is 2.08. The SMILES string of the molecule is C.CCC(C)(C)CC1(CC)C(C)(C)CC1(C)C. The van der Waals surface area contributed by atoms with Crippen LogP contribution in [0, 0.1) is 21.7 Å². The molecule has 1 aliphatic carbocycles. The fourth-order valence-electron chi connectivity index (χ4n) is 4.76. The molecule has 17 heavy (non-hydrogen) atoms. The summed E-state index contributed by atoms with van der Waals surface area (Å²) in [5, 5.41) is 0. The summed E-state index contributed by atoms with van der Waals surface area (Å²) in [6.45, 7) is 19.5. The van der Waals surface area contributed by atoms with Crippen LogP contribution in [-0.2, 0) is 0 Å². The molecule has 0 aliphatic heterocycles. The molecular formula is C17H36. The fraction of sp³-hybridized carbons (Fsp3) is 1.00. The fourth-order valence-corrected chi connectivity index (χ4v) is 4.76. The number of rotatable bonds is 4. The maximum absolute atomic E-state index is 2.48. The summed E-state index contributed by atoms with van der Waals surface area (Å²) in [5.74, 6) is 0. The Morgan fingerprint density at radius 3 is 1.59 bits per heavy atom. The summed E-state index contributed by atoms with van der Waals surface area (Å²) >= 11 is 0. The van der Waals surface area contributed by atoms with Crippen molar-refractivity contribution in [2.24, 2.45) is 21.7 Å². The van der Waals surface area contributed by atoms with E-state index in [1.54, 1.807) is 0 Å². The Hall–Kier alpha value is 0. The predicted molar refractivity (Wildman–Crippen MR) is 80.3 cm³/mol. The van der Waals surface area contributed by atoms with Crippen LogP contribution < -0.4 is 0 Å². The van der Waals surface area contributed by atoms with E-state index in [1.165, 1.54) is 25.7 Å². The zero-order valence-corrected chi connectivity index (χ0v) is 12.8. The van der Waals surface area contributed by atoms with Gasteiger partial charge in [0.25, 0.3) is 0 Å². The lowest BCUT2D eigenvalue weighted by atomic mass is 9.35. The number of hydrogen-bond donors (Lipinski definition) is 0. The van der Waals surface area contributed by atoms with Crippen LogP contribution in [0.15, 0.2) is 0 Å². The van der Waals surface area contributed by atoms with Gasteiger partial charge in [-0.05, 0) is 40.9 Å². The quantitative estimate of drug-likeness (QED) is 0.541. The van der Waals surface area contributed by atoms with Crippen molar-refractivity contribution in [2.45, 2.75) is 88.5 Å². The molecule has 104 valence electrons. The molecule has 0 radical (unpaired) electrons. The third kappa shape index (κ3) is 2.42. The maximum atomic E-state index is 2.48. The zero-order chi connectivity index (χ0) is 12.8. The summed E-state index contributed by atoms with van der Waals surface area (Å²) in [6.07, 6.45) is 5.39. The van der Waals surface area contributed by atoms with E-state index in [0.29, 0.717) is 21.7 Å². The predicted octanol–water partition coefficient (Wildman–Crippen LogP) is 6.30. The first kappa shape index (κ1) is 17.0. The van der Waals surface area contributed by atoms with Gasteiger partial charge in [0.2, 0.25) is 0 Å². The maximum Gasteiger partial charge on any atom is -0.0192 e. The van der Waals surface area contributed by atoms with E-state index in [0.717, 1.165) is 0 Å². The van der Waals surface area contributed by atoms with Gasteiger partial charge in [-0.1, -0.05) is 69.2 Å². The minimum Gasteiger partial charge on any atom is -0.0776 e. The van der Waals surface area contributed by atoms with E-state index in [1.807, 2.05) is 0 Å². The van der Waals surface area contributed by atoms with Crippen LogP contribution in [0.3, 0.4) is 0 Å². The average Bonchev–Trinajstić information content (AvgIpc) is 2.11. The van der Waals surface area contributed by atoms with Crippen LogP contribution in [0.4, 0.5) is 0 Å². The van der Waals surface area contributed by atoms with Crippen LogP contribution in [0.2, 0.25) is 0 Å². The van der Waals surface area contributed by atoms with Crippen molar-refractivity contribution < 1.29 is 0 Å². The van der Waals surface area contributed by atoms with Crippen molar-refractivity contribution in [3.05, 3.63) is 0 Å². The van der Waals surface area contributed by atoms with Gasteiger partial charge < -0.3 is 0 Å². The van der Waals surface area contributed by atoms with Crippen LogP contribution in [0.25, 0.3) is 0 Å². The molecule has 0 unspecified atom stereocenters. The topological polar surface area (TPSA) is 0 Å². The molecule has 0 spiro atoms. The molecule has 0 aromatic heterocycles. The van der Waals surface area contributed by atoms with Crippen LogP contribution in [-0.4, -0.2) is 0 Å². The van der Waals surface area contributed by atoms with Gasteiger partial charge in [-0.3, -0.25) is 0 Å². The largest absolute Gasteiger partial charge is 0.0776 e. The molecular weight excluding hydrogens is 204 g/mol. The third-order valence-corrected chi connectivity index (χ3v) is 5.82. The standard InChI is InChI=1S/C16H32.CH4/c1-9-13(3,4)11-16(10-2)14(5,6)12-15(16,7)8;/h9-12H2,1-8H3;1H4. The molecule has 0 aromatic rings. The molecule has 1 rings (SSSR count). The summed E-state index contributed by atoms with van der Waals surface area (Å²) in [4.78, 5) is 0. The highest BCUT2D eigenvalue weighted by Gasteiger charge is 2.64. The monoisotopic (exact) mass is 240 g/mol. The van der Waals surface area contributed by atoms with Gasteiger partial charge in [0, 0.05) is 0 Å². The van der Waals surface area contributed by atoms with Crippen LogP contribution >= 0.6 is 0 Å². The minimum absolute atomic E-state index is 0. The summed E-state index contributed by atoms with van der Waals surface area (Å²) in [7, 11) is 0. The first-order chi connectivity index (χ1) is 7.04. The van der Waals surface area contributed by atoms with Crippen molar-refractivity contribution in [1.82, 2.24) is 0 Å². The molecule has 0 aromatic carbocycles. The van der Waals surface area contributed by atoms with E-state index in [4.69, 9.17) is 0 Å². The van der Waals surface area contributed by atoms with Gasteiger partial charge in [0.1, 0.15) is 0 Å².